The fourth-order valence-electron chi connectivity index (χ4n) is 3.60. The summed E-state index contributed by atoms with van der Waals surface area (Å²) < 4.78 is 47.3. The first kappa shape index (κ1) is 20.3. The van der Waals surface area contributed by atoms with Crippen LogP contribution in [-0.4, -0.2) is 35.1 Å². The number of amides is 1. The Morgan fingerprint density at radius 2 is 1.90 bits per heavy atom. The summed E-state index contributed by atoms with van der Waals surface area (Å²) in [6.45, 7) is 0.821. The monoisotopic (exact) mass is 463 g/mol. The third-order valence-electron chi connectivity index (χ3n) is 5.08. The Morgan fingerprint density at radius 1 is 1.10 bits per heavy atom. The molecule has 2 aromatic heterocycles. The molecule has 0 aliphatic carbocycles. The van der Waals surface area contributed by atoms with E-state index < -0.39 is 11.7 Å². The Labute approximate surface area is 183 Å². The SMILES string of the molecule is O=C(c1nc2ccccc2s1)N(CC1CCCO1)c1nc2c(C(F)(F)F)cccc2s1. The number of rotatable bonds is 4. The van der Waals surface area contributed by atoms with Gasteiger partial charge in [0.15, 0.2) is 10.1 Å². The lowest BCUT2D eigenvalue weighted by Crippen LogP contribution is -2.37. The van der Waals surface area contributed by atoms with Crippen molar-refractivity contribution in [1.29, 1.82) is 0 Å². The average molecular weight is 464 g/mol. The molecule has 1 fully saturated rings. The Bertz CT molecular complexity index is 1230. The smallest absolute Gasteiger partial charge is 0.376 e. The molecule has 1 atom stereocenters. The van der Waals surface area contributed by atoms with E-state index in [9.17, 15) is 18.0 Å². The van der Waals surface area contributed by atoms with Gasteiger partial charge in [0.05, 0.1) is 38.6 Å². The van der Waals surface area contributed by atoms with Gasteiger partial charge in [-0.25, -0.2) is 9.97 Å². The van der Waals surface area contributed by atoms with Crippen molar-refractivity contribution in [3.8, 4) is 0 Å². The van der Waals surface area contributed by atoms with Crippen molar-refractivity contribution in [2.45, 2.75) is 25.1 Å². The van der Waals surface area contributed by atoms with Crippen LogP contribution in [0.4, 0.5) is 18.3 Å². The number of halogens is 3. The molecule has 5 nitrogen and oxygen atoms in total. The molecule has 1 aliphatic rings. The second-order valence-corrected chi connectivity index (χ2v) is 9.22. The number of ether oxygens (including phenoxy) is 1. The minimum atomic E-state index is -4.53. The van der Waals surface area contributed by atoms with Crippen LogP contribution in [0.25, 0.3) is 20.4 Å². The predicted octanol–water partition coefficient (Wildman–Crippen LogP) is 5.75. The highest BCUT2D eigenvalue weighted by molar-refractivity contribution is 7.23. The van der Waals surface area contributed by atoms with E-state index in [1.165, 1.54) is 22.3 Å². The van der Waals surface area contributed by atoms with E-state index in [-0.39, 0.29) is 34.2 Å². The Morgan fingerprint density at radius 3 is 2.65 bits per heavy atom. The number of aromatic nitrogens is 2. The second-order valence-electron chi connectivity index (χ2n) is 7.18. The van der Waals surface area contributed by atoms with Gasteiger partial charge in [-0.15, -0.1) is 11.3 Å². The third-order valence-corrected chi connectivity index (χ3v) is 7.14. The zero-order valence-electron chi connectivity index (χ0n) is 16.1. The summed E-state index contributed by atoms with van der Waals surface area (Å²) in [7, 11) is 0. The maximum atomic E-state index is 13.5. The van der Waals surface area contributed by atoms with Crippen molar-refractivity contribution in [2.24, 2.45) is 0 Å². The molecule has 4 aromatic rings. The van der Waals surface area contributed by atoms with Gasteiger partial charge in [0, 0.05) is 6.61 Å². The van der Waals surface area contributed by atoms with Gasteiger partial charge in [-0.2, -0.15) is 13.2 Å². The van der Waals surface area contributed by atoms with E-state index in [1.54, 1.807) is 6.07 Å². The number of para-hydroxylation sites is 2. The zero-order valence-corrected chi connectivity index (χ0v) is 17.7. The van der Waals surface area contributed by atoms with Gasteiger partial charge in [0.1, 0.15) is 0 Å². The van der Waals surface area contributed by atoms with E-state index in [2.05, 4.69) is 9.97 Å². The van der Waals surface area contributed by atoms with Gasteiger partial charge in [0.25, 0.3) is 5.91 Å². The molecular weight excluding hydrogens is 447 g/mol. The summed E-state index contributed by atoms with van der Waals surface area (Å²) in [5.74, 6) is -0.385. The van der Waals surface area contributed by atoms with Crippen LogP contribution < -0.4 is 4.90 Å². The van der Waals surface area contributed by atoms with E-state index in [1.807, 2.05) is 24.3 Å². The molecule has 5 rings (SSSR count). The first-order valence-electron chi connectivity index (χ1n) is 9.66. The second kappa shape index (κ2) is 7.85. The molecule has 1 aliphatic heterocycles. The highest BCUT2D eigenvalue weighted by Crippen LogP contribution is 2.39. The van der Waals surface area contributed by atoms with Crippen LogP contribution in [0, 0.1) is 0 Å². The number of alkyl halides is 3. The third kappa shape index (κ3) is 3.90. The Balaban J connectivity index is 1.58. The van der Waals surface area contributed by atoms with E-state index in [0.717, 1.165) is 34.9 Å². The molecular formula is C21H16F3N3O2S2. The Hall–Kier alpha value is -2.56. The molecule has 3 heterocycles. The predicted molar refractivity (Wildman–Crippen MR) is 115 cm³/mol. The molecule has 0 saturated carbocycles. The summed E-state index contributed by atoms with van der Waals surface area (Å²) in [5, 5.41) is 0.487. The maximum Gasteiger partial charge on any atom is 0.418 e. The van der Waals surface area contributed by atoms with Crippen molar-refractivity contribution in [3.05, 3.63) is 53.0 Å². The molecule has 2 aromatic carbocycles. The van der Waals surface area contributed by atoms with Gasteiger partial charge in [-0.1, -0.05) is 29.5 Å². The zero-order chi connectivity index (χ0) is 21.6. The molecule has 1 unspecified atom stereocenters. The molecule has 160 valence electrons. The van der Waals surface area contributed by atoms with E-state index in [4.69, 9.17) is 4.74 Å². The van der Waals surface area contributed by atoms with Gasteiger partial charge in [0.2, 0.25) is 0 Å². The quantitative estimate of drug-likeness (QED) is 0.387. The van der Waals surface area contributed by atoms with Gasteiger partial charge >= 0.3 is 6.18 Å². The van der Waals surface area contributed by atoms with E-state index in [0.29, 0.717) is 16.8 Å². The largest absolute Gasteiger partial charge is 0.418 e. The number of hydrogen-bond acceptors (Lipinski definition) is 6. The van der Waals surface area contributed by atoms with Crippen molar-refractivity contribution in [1.82, 2.24) is 9.97 Å². The van der Waals surface area contributed by atoms with Crippen LogP contribution in [0.3, 0.4) is 0 Å². The van der Waals surface area contributed by atoms with Crippen molar-refractivity contribution in [2.75, 3.05) is 18.1 Å². The molecule has 31 heavy (non-hydrogen) atoms. The summed E-state index contributed by atoms with van der Waals surface area (Å²) in [6, 6.07) is 11.3. The van der Waals surface area contributed by atoms with Crippen LogP contribution in [0.5, 0.6) is 0 Å². The number of fused-ring (bicyclic) bond motifs is 2. The van der Waals surface area contributed by atoms with Gasteiger partial charge in [-0.05, 0) is 37.1 Å². The number of thiazole rings is 2. The molecule has 0 bridgehead atoms. The molecule has 1 amide bonds. The molecule has 10 heteroatoms. The number of carbonyl (C=O) groups is 1. The molecule has 1 saturated heterocycles. The van der Waals surface area contributed by atoms with Crippen LogP contribution in [0.15, 0.2) is 42.5 Å². The summed E-state index contributed by atoms with van der Waals surface area (Å²) >= 11 is 2.32. The molecule has 0 spiro atoms. The molecule has 0 N–H and O–H groups in total. The number of anilines is 1. The lowest BCUT2D eigenvalue weighted by Gasteiger charge is -2.22. The van der Waals surface area contributed by atoms with Crippen LogP contribution >= 0.6 is 22.7 Å². The van der Waals surface area contributed by atoms with Crippen molar-refractivity contribution < 1.29 is 22.7 Å². The minimum Gasteiger partial charge on any atom is -0.376 e. The minimum absolute atomic E-state index is 0.149. The average Bonchev–Trinajstić information content (AvgIpc) is 3.49. The first-order valence-corrected chi connectivity index (χ1v) is 11.3. The maximum absolute atomic E-state index is 13.5. The van der Waals surface area contributed by atoms with Crippen molar-refractivity contribution >= 4 is 54.1 Å². The first-order chi connectivity index (χ1) is 14.9. The van der Waals surface area contributed by atoms with Crippen LogP contribution in [0.1, 0.15) is 28.2 Å². The van der Waals surface area contributed by atoms with Crippen LogP contribution in [0.2, 0.25) is 0 Å². The highest BCUT2D eigenvalue weighted by atomic mass is 32.1. The number of benzene rings is 2. The van der Waals surface area contributed by atoms with Gasteiger partial charge in [-0.3, -0.25) is 9.69 Å². The summed E-state index contributed by atoms with van der Waals surface area (Å²) in [5.41, 5.74) is -0.252. The Kier molecular flexibility index (Phi) is 5.15. The number of nitrogens with zero attached hydrogens (tertiary/aromatic N) is 3. The van der Waals surface area contributed by atoms with E-state index >= 15 is 0 Å². The summed E-state index contributed by atoms with van der Waals surface area (Å²) in [4.78, 5) is 23.5. The summed E-state index contributed by atoms with van der Waals surface area (Å²) in [6.07, 6.45) is -3.05. The van der Waals surface area contributed by atoms with Crippen LogP contribution in [-0.2, 0) is 10.9 Å². The number of hydrogen-bond donors (Lipinski definition) is 0. The van der Waals surface area contributed by atoms with Crippen molar-refractivity contribution in [3.63, 3.8) is 0 Å². The highest BCUT2D eigenvalue weighted by Gasteiger charge is 2.35. The van der Waals surface area contributed by atoms with Gasteiger partial charge < -0.3 is 4.74 Å². The normalized spacial score (nSPS) is 16.9. The standard InChI is InChI=1S/C21H16F3N3O2S2/c22-21(23,24)13-6-3-9-16-17(13)26-20(31-16)27(11-12-5-4-10-29-12)19(28)18-25-14-7-1-2-8-15(14)30-18/h1-3,6-9,12H,4-5,10-11H2. The number of carbonyl (C=O) groups excluding carboxylic acids is 1. The lowest BCUT2D eigenvalue weighted by atomic mass is 10.2. The fraction of sp³-hybridized carbons (Fsp3) is 0.286. The topological polar surface area (TPSA) is 55.3 Å². The fourth-order valence-corrected chi connectivity index (χ4v) is 5.51. The molecule has 0 radical (unpaired) electrons. The lowest BCUT2D eigenvalue weighted by molar-refractivity contribution is -0.136.